The lowest BCUT2D eigenvalue weighted by Gasteiger charge is -2.11. The number of hydrogen-bond donors (Lipinski definition) is 1. The number of halogens is 2. The van der Waals surface area contributed by atoms with Crippen LogP contribution in [0.25, 0.3) is 0 Å². The maximum Gasteiger partial charge on any atom is 0.129 e. The van der Waals surface area contributed by atoms with Crippen LogP contribution in [0.15, 0.2) is 12.1 Å². The second kappa shape index (κ2) is 6.70. The van der Waals surface area contributed by atoms with E-state index in [1.807, 2.05) is 7.05 Å². The molecule has 0 saturated heterocycles. The second-order valence-corrected chi connectivity index (χ2v) is 4.73. The zero-order valence-corrected chi connectivity index (χ0v) is 10.8. The van der Waals surface area contributed by atoms with Crippen LogP contribution in [0, 0.1) is 24.5 Å². The lowest BCUT2D eigenvalue weighted by Crippen LogP contribution is -2.12. The Bertz CT molecular complexity index is 363. The highest BCUT2D eigenvalue weighted by molar-refractivity contribution is 5.25. The summed E-state index contributed by atoms with van der Waals surface area (Å²) in [4.78, 5) is 0. The Morgan fingerprint density at radius 3 is 2.53 bits per heavy atom. The lowest BCUT2D eigenvalue weighted by atomic mass is 9.97. The van der Waals surface area contributed by atoms with Crippen molar-refractivity contribution in [3.8, 4) is 0 Å². The minimum Gasteiger partial charge on any atom is -0.320 e. The van der Waals surface area contributed by atoms with Crippen molar-refractivity contribution >= 4 is 0 Å². The number of rotatable bonds is 6. The summed E-state index contributed by atoms with van der Waals surface area (Å²) in [5.74, 6) is -0.337. The molecule has 0 fully saturated rings. The van der Waals surface area contributed by atoms with Gasteiger partial charge in [0.2, 0.25) is 0 Å². The van der Waals surface area contributed by atoms with E-state index in [0.29, 0.717) is 23.5 Å². The van der Waals surface area contributed by atoms with E-state index in [0.717, 1.165) is 25.5 Å². The van der Waals surface area contributed by atoms with Crippen molar-refractivity contribution in [2.45, 2.75) is 33.1 Å². The fraction of sp³-hybridized carbons (Fsp3) is 0.571. The SMILES string of the molecule is CNCCC(C)CCc1cc(C)c(F)cc1F. The summed E-state index contributed by atoms with van der Waals surface area (Å²) < 4.78 is 26.6. The maximum absolute atomic E-state index is 13.5. The molecule has 1 nitrogen and oxygen atoms in total. The molecule has 96 valence electrons. The van der Waals surface area contributed by atoms with E-state index in [-0.39, 0.29) is 0 Å². The molecule has 1 N–H and O–H groups in total. The zero-order chi connectivity index (χ0) is 12.8. The largest absolute Gasteiger partial charge is 0.320 e. The first-order chi connectivity index (χ1) is 8.04. The quantitative estimate of drug-likeness (QED) is 0.804. The van der Waals surface area contributed by atoms with Crippen LogP contribution in [0.1, 0.15) is 30.9 Å². The summed E-state index contributed by atoms with van der Waals surface area (Å²) in [6.45, 7) is 4.81. The van der Waals surface area contributed by atoms with Crippen LogP contribution in [0.4, 0.5) is 8.78 Å². The average Bonchev–Trinajstić information content (AvgIpc) is 2.29. The number of hydrogen-bond acceptors (Lipinski definition) is 1. The Morgan fingerprint density at radius 2 is 1.88 bits per heavy atom. The molecule has 0 amide bonds. The van der Waals surface area contributed by atoms with Crippen LogP contribution in [0.2, 0.25) is 0 Å². The van der Waals surface area contributed by atoms with Gasteiger partial charge in [-0.3, -0.25) is 0 Å². The van der Waals surface area contributed by atoms with E-state index in [4.69, 9.17) is 0 Å². The van der Waals surface area contributed by atoms with Crippen molar-refractivity contribution in [3.63, 3.8) is 0 Å². The van der Waals surface area contributed by atoms with Crippen LogP contribution in [-0.2, 0) is 6.42 Å². The van der Waals surface area contributed by atoms with Crippen molar-refractivity contribution in [2.75, 3.05) is 13.6 Å². The van der Waals surface area contributed by atoms with E-state index >= 15 is 0 Å². The minimum atomic E-state index is -0.463. The van der Waals surface area contributed by atoms with Crippen LogP contribution in [0.5, 0.6) is 0 Å². The summed E-state index contributed by atoms with van der Waals surface area (Å²) in [6, 6.07) is 2.61. The fourth-order valence-electron chi connectivity index (χ4n) is 1.85. The predicted molar refractivity (Wildman–Crippen MR) is 67.1 cm³/mol. The van der Waals surface area contributed by atoms with E-state index in [1.54, 1.807) is 13.0 Å². The topological polar surface area (TPSA) is 12.0 Å². The monoisotopic (exact) mass is 241 g/mol. The molecule has 0 aliphatic rings. The molecule has 1 atom stereocenters. The standard InChI is InChI=1S/C14H21F2N/c1-10(6-7-17-3)4-5-12-8-11(2)13(15)9-14(12)16/h8-10,17H,4-7H2,1-3H3. The third kappa shape index (κ3) is 4.43. The molecular weight excluding hydrogens is 220 g/mol. The van der Waals surface area contributed by atoms with E-state index in [9.17, 15) is 8.78 Å². The molecule has 0 saturated carbocycles. The van der Waals surface area contributed by atoms with Gasteiger partial charge in [-0.1, -0.05) is 13.0 Å². The molecule has 0 bridgehead atoms. The summed E-state index contributed by atoms with van der Waals surface area (Å²) in [5, 5.41) is 3.10. The van der Waals surface area contributed by atoms with Crippen molar-refractivity contribution in [1.29, 1.82) is 0 Å². The highest BCUT2D eigenvalue weighted by Gasteiger charge is 2.09. The first-order valence-electron chi connectivity index (χ1n) is 6.13. The average molecular weight is 241 g/mol. The normalized spacial score (nSPS) is 12.8. The van der Waals surface area contributed by atoms with Crippen LogP contribution in [0.3, 0.4) is 0 Å². The molecule has 1 unspecified atom stereocenters. The van der Waals surface area contributed by atoms with Gasteiger partial charge in [-0.2, -0.15) is 0 Å². The maximum atomic E-state index is 13.5. The summed E-state index contributed by atoms with van der Waals surface area (Å²) in [7, 11) is 1.93. The molecule has 0 aromatic heterocycles. The summed E-state index contributed by atoms with van der Waals surface area (Å²) in [6.07, 6.45) is 2.69. The first-order valence-corrected chi connectivity index (χ1v) is 6.13. The minimum absolute atomic E-state index is 0.422. The number of aryl methyl sites for hydroxylation is 2. The van der Waals surface area contributed by atoms with Crippen molar-refractivity contribution < 1.29 is 8.78 Å². The Hall–Kier alpha value is -0.960. The van der Waals surface area contributed by atoms with Gasteiger partial charge in [0.25, 0.3) is 0 Å². The van der Waals surface area contributed by atoms with Crippen LogP contribution in [-0.4, -0.2) is 13.6 Å². The summed E-state index contributed by atoms with van der Waals surface area (Å²) in [5.41, 5.74) is 1.14. The number of benzene rings is 1. The van der Waals surface area contributed by atoms with E-state index in [2.05, 4.69) is 12.2 Å². The second-order valence-electron chi connectivity index (χ2n) is 4.73. The van der Waals surface area contributed by atoms with Gasteiger partial charge >= 0.3 is 0 Å². The van der Waals surface area contributed by atoms with Crippen molar-refractivity contribution in [3.05, 3.63) is 34.9 Å². The molecule has 1 aromatic rings. The first kappa shape index (κ1) is 14.1. The van der Waals surface area contributed by atoms with Crippen LogP contribution < -0.4 is 5.32 Å². The van der Waals surface area contributed by atoms with Gasteiger partial charge in [-0.15, -0.1) is 0 Å². The van der Waals surface area contributed by atoms with Gasteiger partial charge in [-0.05, 0) is 56.8 Å². The summed E-state index contributed by atoms with van der Waals surface area (Å²) >= 11 is 0. The molecule has 0 aliphatic carbocycles. The zero-order valence-electron chi connectivity index (χ0n) is 10.8. The van der Waals surface area contributed by atoms with Gasteiger partial charge in [0.05, 0.1) is 0 Å². The van der Waals surface area contributed by atoms with Crippen LogP contribution >= 0.6 is 0 Å². The Labute approximate surface area is 102 Å². The van der Waals surface area contributed by atoms with Gasteiger partial charge in [0.15, 0.2) is 0 Å². The molecule has 1 aromatic carbocycles. The van der Waals surface area contributed by atoms with Gasteiger partial charge in [-0.25, -0.2) is 8.78 Å². The fourth-order valence-corrected chi connectivity index (χ4v) is 1.85. The highest BCUT2D eigenvalue weighted by atomic mass is 19.1. The Kier molecular flexibility index (Phi) is 5.56. The third-order valence-corrected chi connectivity index (χ3v) is 3.12. The predicted octanol–water partition coefficient (Wildman–Crippen LogP) is 3.45. The highest BCUT2D eigenvalue weighted by Crippen LogP contribution is 2.18. The van der Waals surface area contributed by atoms with E-state index < -0.39 is 11.6 Å². The van der Waals surface area contributed by atoms with Gasteiger partial charge < -0.3 is 5.32 Å². The molecule has 3 heteroatoms. The van der Waals surface area contributed by atoms with Gasteiger partial charge in [0, 0.05) is 6.07 Å². The lowest BCUT2D eigenvalue weighted by molar-refractivity contribution is 0.474. The Balaban J connectivity index is 2.54. The molecule has 0 radical (unpaired) electrons. The molecule has 1 rings (SSSR count). The van der Waals surface area contributed by atoms with Gasteiger partial charge in [0.1, 0.15) is 11.6 Å². The molecular formula is C14H21F2N. The van der Waals surface area contributed by atoms with Crippen molar-refractivity contribution in [1.82, 2.24) is 5.32 Å². The molecule has 0 aliphatic heterocycles. The molecule has 17 heavy (non-hydrogen) atoms. The van der Waals surface area contributed by atoms with Crippen molar-refractivity contribution in [2.24, 2.45) is 5.92 Å². The third-order valence-electron chi connectivity index (χ3n) is 3.12. The smallest absolute Gasteiger partial charge is 0.129 e. The Morgan fingerprint density at radius 1 is 1.18 bits per heavy atom. The van der Waals surface area contributed by atoms with E-state index in [1.165, 1.54) is 0 Å². The molecule has 0 spiro atoms. The number of nitrogens with one attached hydrogen (secondary N) is 1. The molecule has 0 heterocycles.